The van der Waals surface area contributed by atoms with Crippen molar-refractivity contribution in [1.82, 2.24) is 4.98 Å². The second kappa shape index (κ2) is 7.56. The number of hydrogen-bond acceptors (Lipinski definition) is 6. The smallest absolute Gasteiger partial charge is 0.313 e. The molecular weight excluding hydrogens is 452 g/mol. The van der Waals surface area contributed by atoms with Crippen molar-refractivity contribution >= 4 is 17.6 Å². The number of aliphatic hydroxyl groups is 1. The molecule has 1 aliphatic heterocycles. The number of benzene rings is 1. The van der Waals surface area contributed by atoms with Gasteiger partial charge in [-0.3, -0.25) is 9.78 Å². The van der Waals surface area contributed by atoms with Crippen LogP contribution in [-0.4, -0.2) is 28.8 Å². The van der Waals surface area contributed by atoms with Gasteiger partial charge >= 0.3 is 5.97 Å². The van der Waals surface area contributed by atoms with E-state index >= 15 is 0 Å². The van der Waals surface area contributed by atoms with Crippen molar-refractivity contribution < 1.29 is 19.4 Å². The van der Waals surface area contributed by atoms with Crippen LogP contribution in [-0.2, 0) is 15.1 Å². The highest BCUT2D eigenvalue weighted by molar-refractivity contribution is 6.30. The minimum atomic E-state index is -1.66. The zero-order chi connectivity index (χ0) is 24.3. The highest BCUT2D eigenvalue weighted by Crippen LogP contribution is 2.83. The first-order chi connectivity index (χ1) is 16.3. The molecule has 6 nitrogen and oxygen atoms in total. The van der Waals surface area contributed by atoms with Gasteiger partial charge in [0.2, 0.25) is 0 Å². The van der Waals surface area contributed by atoms with Gasteiger partial charge in [0.1, 0.15) is 11.4 Å². The lowest BCUT2D eigenvalue weighted by molar-refractivity contribution is -0.149. The summed E-state index contributed by atoms with van der Waals surface area (Å²) in [5.41, 5.74) is -2.15. The normalized spacial score (nSPS) is 32.9. The molecule has 0 radical (unpaired) electrons. The number of pyridine rings is 1. The SMILES string of the molecule is C=C(/C=C\C(C#N)=C/C)[C@@]12Oc3cc(Cl)cnc3[C@]1(O)[C@H]1C[C@@]1(C(=O)OC)[C@H]2c1ccccc1. The number of rotatable bonds is 5. The van der Waals surface area contributed by atoms with Gasteiger partial charge in [-0.2, -0.15) is 5.26 Å². The lowest BCUT2D eigenvalue weighted by atomic mass is 9.67. The number of ether oxygens (including phenoxy) is 2. The van der Waals surface area contributed by atoms with Crippen LogP contribution in [0.3, 0.4) is 0 Å². The Morgan fingerprint density at radius 3 is 2.76 bits per heavy atom. The number of carbonyl (C=O) groups excluding carboxylic acids is 1. The molecule has 1 aromatic carbocycles. The molecule has 0 saturated heterocycles. The van der Waals surface area contributed by atoms with Crippen LogP contribution in [0.2, 0.25) is 5.02 Å². The second-order valence-corrected chi connectivity index (χ2v) is 9.39. The topological polar surface area (TPSA) is 92.4 Å². The number of carbonyl (C=O) groups is 1. The maximum absolute atomic E-state index is 13.3. The number of aromatic nitrogens is 1. The predicted octanol–water partition coefficient (Wildman–Crippen LogP) is 4.61. The van der Waals surface area contributed by atoms with E-state index in [9.17, 15) is 15.2 Å². The molecule has 1 aromatic heterocycles. The lowest BCUT2D eigenvalue weighted by Gasteiger charge is -2.43. The van der Waals surface area contributed by atoms with Crippen LogP contribution in [0.5, 0.6) is 5.75 Å². The molecule has 2 saturated carbocycles. The van der Waals surface area contributed by atoms with Gasteiger partial charge in [0.25, 0.3) is 0 Å². The van der Waals surface area contributed by atoms with Crippen LogP contribution in [0.25, 0.3) is 0 Å². The summed E-state index contributed by atoms with van der Waals surface area (Å²) in [6, 6.07) is 13.2. The molecule has 2 aliphatic carbocycles. The summed E-state index contributed by atoms with van der Waals surface area (Å²) in [5.74, 6) is -1.18. The summed E-state index contributed by atoms with van der Waals surface area (Å²) < 4.78 is 11.9. The first kappa shape index (κ1) is 22.4. The monoisotopic (exact) mass is 474 g/mol. The predicted molar refractivity (Wildman–Crippen MR) is 126 cm³/mol. The number of methoxy groups -OCH3 is 1. The number of fused-ring (bicyclic) bond motifs is 5. The van der Waals surface area contributed by atoms with Gasteiger partial charge in [0, 0.05) is 29.7 Å². The average Bonchev–Trinajstić information content (AvgIpc) is 3.49. The maximum Gasteiger partial charge on any atom is 0.313 e. The fraction of sp³-hybridized carbons (Fsp3) is 0.296. The van der Waals surface area contributed by atoms with Crippen LogP contribution >= 0.6 is 11.6 Å². The maximum atomic E-state index is 13.3. The van der Waals surface area contributed by atoms with Gasteiger partial charge in [-0.05, 0) is 30.6 Å². The summed E-state index contributed by atoms with van der Waals surface area (Å²) in [6.07, 6.45) is 6.85. The summed E-state index contributed by atoms with van der Waals surface area (Å²) in [6.45, 7) is 6.05. The lowest BCUT2D eigenvalue weighted by Crippen LogP contribution is -2.55. The van der Waals surface area contributed by atoms with Crippen molar-refractivity contribution in [3.63, 3.8) is 0 Å². The molecule has 2 fully saturated rings. The number of esters is 1. The fourth-order valence-electron chi connectivity index (χ4n) is 6.11. The van der Waals surface area contributed by atoms with Crippen LogP contribution in [0.4, 0.5) is 0 Å². The van der Waals surface area contributed by atoms with Gasteiger partial charge < -0.3 is 14.6 Å². The summed E-state index contributed by atoms with van der Waals surface area (Å²) in [5, 5.41) is 22.3. The summed E-state index contributed by atoms with van der Waals surface area (Å²) >= 11 is 6.21. The molecule has 5 atom stereocenters. The van der Waals surface area contributed by atoms with E-state index < -0.39 is 34.4 Å². The van der Waals surface area contributed by atoms with Crippen LogP contribution in [0, 0.1) is 22.7 Å². The number of halogens is 1. The quantitative estimate of drug-likeness (QED) is 0.386. The van der Waals surface area contributed by atoms with Crippen molar-refractivity contribution in [2.75, 3.05) is 7.11 Å². The van der Waals surface area contributed by atoms with E-state index in [4.69, 9.17) is 21.1 Å². The van der Waals surface area contributed by atoms with Crippen molar-refractivity contribution in [3.05, 3.63) is 94.8 Å². The first-order valence-electron chi connectivity index (χ1n) is 11.0. The van der Waals surface area contributed by atoms with Gasteiger partial charge in [0.15, 0.2) is 11.2 Å². The third-order valence-electron chi connectivity index (χ3n) is 7.53. The third kappa shape index (κ3) is 2.60. The van der Waals surface area contributed by atoms with E-state index in [2.05, 4.69) is 17.6 Å². The fourth-order valence-corrected chi connectivity index (χ4v) is 6.26. The summed E-state index contributed by atoms with van der Waals surface area (Å²) in [7, 11) is 1.35. The minimum absolute atomic E-state index is 0.326. The minimum Gasteiger partial charge on any atom is -0.476 e. The molecule has 0 bridgehead atoms. The Balaban J connectivity index is 1.79. The zero-order valence-electron chi connectivity index (χ0n) is 18.8. The number of hydrogen-bond donors (Lipinski definition) is 1. The van der Waals surface area contributed by atoms with Crippen LogP contribution in [0.15, 0.2) is 78.5 Å². The highest BCUT2D eigenvalue weighted by atomic mass is 35.5. The van der Waals surface area contributed by atoms with E-state index in [1.807, 2.05) is 30.3 Å². The van der Waals surface area contributed by atoms with E-state index in [1.165, 1.54) is 13.3 Å². The van der Waals surface area contributed by atoms with E-state index in [0.717, 1.165) is 5.56 Å². The Morgan fingerprint density at radius 2 is 2.12 bits per heavy atom. The molecule has 2 aromatic rings. The molecule has 7 heteroatoms. The molecule has 1 N–H and O–H groups in total. The van der Waals surface area contributed by atoms with Gasteiger partial charge in [-0.1, -0.05) is 60.7 Å². The Bertz CT molecular complexity index is 1310. The molecule has 3 aliphatic rings. The van der Waals surface area contributed by atoms with Gasteiger partial charge in [-0.15, -0.1) is 0 Å². The van der Waals surface area contributed by atoms with Crippen LogP contribution < -0.4 is 4.74 Å². The molecule has 2 heterocycles. The van der Waals surface area contributed by atoms with Crippen molar-refractivity contribution in [1.29, 1.82) is 5.26 Å². The summed E-state index contributed by atoms with van der Waals surface area (Å²) in [4.78, 5) is 17.8. The van der Waals surface area contributed by atoms with E-state index in [0.29, 0.717) is 34.0 Å². The average molecular weight is 475 g/mol. The van der Waals surface area contributed by atoms with Crippen molar-refractivity contribution in [2.24, 2.45) is 11.3 Å². The Kier molecular flexibility index (Phi) is 4.98. The van der Waals surface area contributed by atoms with Gasteiger partial charge in [0.05, 0.1) is 23.6 Å². The zero-order valence-corrected chi connectivity index (χ0v) is 19.5. The van der Waals surface area contributed by atoms with Crippen molar-refractivity contribution in [3.8, 4) is 11.8 Å². The van der Waals surface area contributed by atoms with E-state index in [1.54, 1.807) is 31.2 Å². The number of nitriles is 1. The first-order valence-corrected chi connectivity index (χ1v) is 11.3. The Morgan fingerprint density at radius 1 is 1.38 bits per heavy atom. The Labute approximate surface area is 202 Å². The second-order valence-electron chi connectivity index (χ2n) is 8.95. The largest absolute Gasteiger partial charge is 0.476 e. The molecule has 0 spiro atoms. The highest BCUT2D eigenvalue weighted by Gasteiger charge is 2.90. The van der Waals surface area contributed by atoms with Crippen LogP contribution in [0.1, 0.15) is 30.5 Å². The van der Waals surface area contributed by atoms with Gasteiger partial charge in [-0.25, -0.2) is 0 Å². The number of allylic oxidation sites excluding steroid dienone is 3. The molecule has 34 heavy (non-hydrogen) atoms. The molecule has 5 rings (SSSR count). The molecular formula is C27H23ClN2O4. The Hall–Kier alpha value is -3.40. The molecule has 0 amide bonds. The van der Waals surface area contributed by atoms with Crippen molar-refractivity contribution in [2.45, 2.75) is 30.5 Å². The third-order valence-corrected chi connectivity index (χ3v) is 7.73. The number of nitrogens with zero attached hydrogens (tertiary/aromatic N) is 2. The van der Waals surface area contributed by atoms with E-state index in [-0.39, 0.29) is 0 Å². The standard InChI is InChI=1S/C27H23ClN2O4/c1-4-17(14-29)11-10-16(2)27-22(18-8-6-5-7-9-18)25(24(31)33-3)13-21(25)26(27,32)23-20(34-27)12-19(28)15-30-23/h4-12,15,21-22,32H,2,13H2,1,3H3/b11-10-,17-4+/t21-,22+,25-,26+,27-/m0/s1. The molecule has 172 valence electrons. The molecule has 0 unspecified atom stereocenters.